The van der Waals surface area contributed by atoms with Crippen LogP contribution in [0.1, 0.15) is 17.3 Å². The Balaban J connectivity index is 2.76. The van der Waals surface area contributed by atoms with Gasteiger partial charge in [-0.05, 0) is 6.07 Å². The van der Waals surface area contributed by atoms with Gasteiger partial charge in [0.15, 0.2) is 0 Å². The maximum absolute atomic E-state index is 13.5. The van der Waals surface area contributed by atoms with Crippen LogP contribution in [0.25, 0.3) is 0 Å². The first-order valence-electron chi connectivity index (χ1n) is 5.49. The van der Waals surface area contributed by atoms with E-state index in [0.29, 0.717) is 12.1 Å². The third kappa shape index (κ3) is 3.97. The summed E-state index contributed by atoms with van der Waals surface area (Å²) in [6.07, 6.45) is 0. The Labute approximate surface area is 112 Å². The van der Waals surface area contributed by atoms with Gasteiger partial charge in [-0.15, -0.1) is 0 Å². The van der Waals surface area contributed by atoms with Crippen molar-refractivity contribution < 1.29 is 23.3 Å². The second-order valence-corrected chi connectivity index (χ2v) is 3.78. The van der Waals surface area contributed by atoms with Crippen LogP contribution in [0.3, 0.4) is 0 Å². The van der Waals surface area contributed by atoms with E-state index in [9.17, 15) is 28.5 Å². The Morgan fingerprint density at radius 2 is 1.80 bits per heavy atom. The number of benzene rings is 1. The zero-order valence-electron chi connectivity index (χ0n) is 10.4. The number of nitrogens with one attached hydrogen (secondary N) is 2. The van der Waals surface area contributed by atoms with Crippen molar-refractivity contribution in [1.29, 1.82) is 0 Å². The van der Waals surface area contributed by atoms with Gasteiger partial charge in [-0.1, -0.05) is 0 Å². The van der Waals surface area contributed by atoms with Crippen LogP contribution in [0.4, 0.5) is 14.5 Å². The summed E-state index contributed by atoms with van der Waals surface area (Å²) in [5.41, 5.74) is -1.69. The van der Waals surface area contributed by atoms with Gasteiger partial charge in [-0.25, -0.2) is 4.39 Å². The molecule has 0 saturated heterocycles. The van der Waals surface area contributed by atoms with Gasteiger partial charge in [0, 0.05) is 20.0 Å². The second-order valence-electron chi connectivity index (χ2n) is 3.78. The van der Waals surface area contributed by atoms with E-state index in [1.54, 1.807) is 0 Å². The van der Waals surface area contributed by atoms with E-state index >= 15 is 0 Å². The molecule has 0 aliphatic heterocycles. The molecule has 0 aliphatic carbocycles. The molecule has 9 heteroatoms. The molecule has 1 aromatic carbocycles. The predicted molar refractivity (Wildman–Crippen MR) is 64.0 cm³/mol. The van der Waals surface area contributed by atoms with Gasteiger partial charge >= 0.3 is 5.69 Å². The monoisotopic (exact) mass is 287 g/mol. The second kappa shape index (κ2) is 6.55. The number of hydrogen-bond acceptors (Lipinski definition) is 4. The van der Waals surface area contributed by atoms with E-state index in [4.69, 9.17) is 0 Å². The molecule has 2 amide bonds. The fraction of sp³-hybridized carbons (Fsp3) is 0.273. The van der Waals surface area contributed by atoms with Crippen LogP contribution in [0.15, 0.2) is 12.1 Å². The van der Waals surface area contributed by atoms with E-state index in [0.717, 1.165) is 0 Å². The lowest BCUT2D eigenvalue weighted by Crippen LogP contribution is -2.34. The normalized spacial score (nSPS) is 9.95. The van der Waals surface area contributed by atoms with Crippen LogP contribution < -0.4 is 10.6 Å². The van der Waals surface area contributed by atoms with Crippen LogP contribution in [0, 0.1) is 21.7 Å². The molecule has 0 bridgehead atoms. The quantitative estimate of drug-likeness (QED) is 0.473. The summed E-state index contributed by atoms with van der Waals surface area (Å²) in [6, 6.07) is 0.805. The molecule has 0 saturated carbocycles. The third-order valence-corrected chi connectivity index (χ3v) is 2.26. The number of nitrogens with zero attached hydrogens (tertiary/aromatic N) is 1. The first-order valence-corrected chi connectivity index (χ1v) is 5.49. The number of halogens is 2. The van der Waals surface area contributed by atoms with E-state index in [1.165, 1.54) is 6.92 Å². The molecule has 0 aliphatic rings. The van der Waals surface area contributed by atoms with Crippen LogP contribution in [0.2, 0.25) is 0 Å². The van der Waals surface area contributed by atoms with Gasteiger partial charge in [0.25, 0.3) is 5.91 Å². The Morgan fingerprint density at radius 1 is 1.20 bits per heavy atom. The van der Waals surface area contributed by atoms with Crippen molar-refractivity contribution in [2.75, 3.05) is 13.1 Å². The molecule has 0 heterocycles. The fourth-order valence-electron chi connectivity index (χ4n) is 1.36. The molecule has 0 radical (unpaired) electrons. The van der Waals surface area contributed by atoms with Crippen molar-refractivity contribution in [1.82, 2.24) is 10.6 Å². The van der Waals surface area contributed by atoms with Crippen molar-refractivity contribution in [2.45, 2.75) is 6.92 Å². The molecule has 0 unspecified atom stereocenters. The number of nitro benzene ring substituents is 1. The summed E-state index contributed by atoms with van der Waals surface area (Å²) in [5, 5.41) is 15.0. The highest BCUT2D eigenvalue weighted by atomic mass is 19.1. The molecule has 0 aromatic heterocycles. The van der Waals surface area contributed by atoms with Gasteiger partial charge in [0.2, 0.25) is 11.7 Å². The van der Waals surface area contributed by atoms with E-state index < -0.39 is 33.7 Å². The van der Waals surface area contributed by atoms with Crippen LogP contribution in [-0.4, -0.2) is 29.8 Å². The number of nitro groups is 1. The number of carbonyl (C=O) groups is 2. The SMILES string of the molecule is CC(=O)NCCNC(=O)c1cc(F)c([N+](=O)[O-])cc1F. The molecule has 2 N–H and O–H groups in total. The molecule has 0 atom stereocenters. The largest absolute Gasteiger partial charge is 0.355 e. The summed E-state index contributed by atoms with van der Waals surface area (Å²) >= 11 is 0. The molecular weight excluding hydrogens is 276 g/mol. The summed E-state index contributed by atoms with van der Waals surface area (Å²) in [6.45, 7) is 1.42. The Hall–Kier alpha value is -2.58. The maximum Gasteiger partial charge on any atom is 0.307 e. The minimum atomic E-state index is -1.30. The predicted octanol–water partition coefficient (Wildman–Crippen LogP) is 0.739. The molecule has 0 spiro atoms. The minimum Gasteiger partial charge on any atom is -0.355 e. The lowest BCUT2D eigenvalue weighted by molar-refractivity contribution is -0.387. The van der Waals surface area contributed by atoms with Gasteiger partial charge in [0.05, 0.1) is 16.6 Å². The summed E-state index contributed by atoms with van der Waals surface area (Å²) < 4.78 is 26.8. The van der Waals surface area contributed by atoms with Crippen molar-refractivity contribution >= 4 is 17.5 Å². The molecular formula is C11H11F2N3O4. The molecule has 1 aromatic rings. The van der Waals surface area contributed by atoms with E-state index in [1.807, 2.05) is 0 Å². The molecule has 108 valence electrons. The van der Waals surface area contributed by atoms with Gasteiger partial charge in [-0.3, -0.25) is 19.7 Å². The number of rotatable bonds is 5. The van der Waals surface area contributed by atoms with Crippen molar-refractivity contribution in [3.05, 3.63) is 39.4 Å². The lowest BCUT2D eigenvalue weighted by Gasteiger charge is -2.07. The first-order chi connectivity index (χ1) is 9.32. The van der Waals surface area contributed by atoms with Gasteiger partial charge in [0.1, 0.15) is 5.82 Å². The summed E-state index contributed by atoms with van der Waals surface area (Å²) in [7, 11) is 0. The average Bonchev–Trinajstić information content (AvgIpc) is 2.36. The average molecular weight is 287 g/mol. The zero-order valence-corrected chi connectivity index (χ0v) is 10.4. The highest BCUT2D eigenvalue weighted by Crippen LogP contribution is 2.21. The molecule has 0 fully saturated rings. The Kier molecular flexibility index (Phi) is 5.07. The third-order valence-electron chi connectivity index (χ3n) is 2.26. The number of amides is 2. The summed E-state index contributed by atoms with van der Waals surface area (Å²) in [5.74, 6) is -3.73. The number of hydrogen-bond donors (Lipinski definition) is 2. The van der Waals surface area contributed by atoms with Crippen molar-refractivity contribution in [3.63, 3.8) is 0 Å². The Morgan fingerprint density at radius 3 is 2.35 bits per heavy atom. The zero-order chi connectivity index (χ0) is 15.3. The Bertz CT molecular complexity index is 563. The first kappa shape index (κ1) is 15.5. The molecule has 7 nitrogen and oxygen atoms in total. The van der Waals surface area contributed by atoms with Crippen molar-refractivity contribution in [3.8, 4) is 0 Å². The highest BCUT2D eigenvalue weighted by Gasteiger charge is 2.21. The van der Waals surface area contributed by atoms with Crippen LogP contribution in [0.5, 0.6) is 0 Å². The van der Waals surface area contributed by atoms with Crippen LogP contribution in [-0.2, 0) is 4.79 Å². The van der Waals surface area contributed by atoms with Crippen molar-refractivity contribution in [2.24, 2.45) is 0 Å². The van der Waals surface area contributed by atoms with Crippen LogP contribution >= 0.6 is 0 Å². The van der Waals surface area contributed by atoms with E-state index in [-0.39, 0.29) is 19.0 Å². The fourth-order valence-corrected chi connectivity index (χ4v) is 1.36. The molecule has 20 heavy (non-hydrogen) atoms. The number of carbonyl (C=O) groups excluding carboxylic acids is 2. The maximum atomic E-state index is 13.5. The van der Waals surface area contributed by atoms with E-state index in [2.05, 4.69) is 10.6 Å². The smallest absolute Gasteiger partial charge is 0.307 e. The topological polar surface area (TPSA) is 101 Å². The van der Waals surface area contributed by atoms with Gasteiger partial charge in [-0.2, -0.15) is 4.39 Å². The standard InChI is InChI=1S/C11H11F2N3O4/c1-6(17)14-2-3-15-11(18)7-4-9(13)10(16(19)20)5-8(7)12/h4-5H,2-3H2,1H3,(H,14,17)(H,15,18). The van der Waals surface area contributed by atoms with Gasteiger partial charge < -0.3 is 10.6 Å². The minimum absolute atomic E-state index is 0.0104. The summed E-state index contributed by atoms with van der Waals surface area (Å²) in [4.78, 5) is 31.4. The molecule has 1 rings (SSSR count). The highest BCUT2D eigenvalue weighted by molar-refractivity contribution is 5.94. The lowest BCUT2D eigenvalue weighted by atomic mass is 10.1.